The van der Waals surface area contributed by atoms with Crippen molar-refractivity contribution in [1.82, 2.24) is 14.5 Å². The molecule has 3 atom stereocenters. The molecule has 20 heavy (non-hydrogen) atoms. The van der Waals surface area contributed by atoms with Gasteiger partial charge in [-0.05, 0) is 38.3 Å². The molecule has 3 unspecified atom stereocenters. The average molecular weight is 292 g/mol. The Kier molecular flexibility index (Phi) is 2.97. The summed E-state index contributed by atoms with van der Waals surface area (Å²) in [6.07, 6.45) is 4.97. The summed E-state index contributed by atoms with van der Waals surface area (Å²) < 4.78 is 8.31. The lowest BCUT2D eigenvalue weighted by Gasteiger charge is -2.22. The van der Waals surface area contributed by atoms with Crippen molar-refractivity contribution in [3.8, 4) is 0 Å². The lowest BCUT2D eigenvalue weighted by Crippen LogP contribution is -2.23. The van der Waals surface area contributed by atoms with Gasteiger partial charge in [0.15, 0.2) is 5.65 Å². The van der Waals surface area contributed by atoms with Crippen molar-refractivity contribution in [2.45, 2.75) is 50.9 Å². The van der Waals surface area contributed by atoms with Gasteiger partial charge in [0.2, 0.25) is 0 Å². The van der Waals surface area contributed by atoms with Crippen LogP contribution in [-0.4, -0.2) is 32.6 Å². The molecule has 2 aliphatic rings. The molecule has 0 spiro atoms. The highest BCUT2D eigenvalue weighted by atomic mass is 35.5. The van der Waals surface area contributed by atoms with Crippen LogP contribution in [0.1, 0.15) is 36.8 Å². The predicted octanol–water partition coefficient (Wildman–Crippen LogP) is 3.01. The molecule has 4 rings (SSSR count). The second kappa shape index (κ2) is 4.71. The zero-order valence-corrected chi connectivity index (χ0v) is 12.3. The van der Waals surface area contributed by atoms with Crippen LogP contribution in [0, 0.1) is 6.92 Å². The summed E-state index contributed by atoms with van der Waals surface area (Å²) in [5.74, 6) is 1.64. The van der Waals surface area contributed by atoms with Gasteiger partial charge in [-0.25, -0.2) is 9.97 Å². The first-order valence-corrected chi connectivity index (χ1v) is 7.85. The van der Waals surface area contributed by atoms with Crippen LogP contribution < -0.4 is 0 Å². The van der Waals surface area contributed by atoms with Crippen LogP contribution in [0.3, 0.4) is 0 Å². The fraction of sp³-hybridized carbons (Fsp3) is 0.600. The van der Waals surface area contributed by atoms with Gasteiger partial charge in [0.05, 0.1) is 18.2 Å². The molecular weight excluding hydrogens is 274 g/mol. The quantitative estimate of drug-likeness (QED) is 0.816. The number of pyridine rings is 1. The number of hydrogen-bond donors (Lipinski definition) is 0. The molecule has 0 aromatic carbocycles. The maximum atomic E-state index is 6.01. The zero-order chi connectivity index (χ0) is 13.7. The van der Waals surface area contributed by atoms with Crippen molar-refractivity contribution < 1.29 is 4.74 Å². The second-order valence-corrected chi connectivity index (χ2v) is 6.19. The SMILES string of the molecule is Cc1ccc2nc(CCCl)n(C3CC4CCC3O4)c2n1. The molecule has 2 aromatic heterocycles. The van der Waals surface area contributed by atoms with Crippen LogP contribution >= 0.6 is 11.6 Å². The molecule has 2 fully saturated rings. The van der Waals surface area contributed by atoms with E-state index < -0.39 is 0 Å². The van der Waals surface area contributed by atoms with E-state index in [0.717, 1.165) is 41.9 Å². The highest BCUT2D eigenvalue weighted by Gasteiger charge is 2.43. The third kappa shape index (κ3) is 1.85. The zero-order valence-electron chi connectivity index (χ0n) is 11.6. The van der Waals surface area contributed by atoms with E-state index in [1.165, 1.54) is 6.42 Å². The first kappa shape index (κ1) is 12.6. The van der Waals surface area contributed by atoms with Gasteiger partial charge in [0.25, 0.3) is 0 Å². The van der Waals surface area contributed by atoms with Crippen molar-refractivity contribution in [3.63, 3.8) is 0 Å². The van der Waals surface area contributed by atoms with E-state index >= 15 is 0 Å². The van der Waals surface area contributed by atoms with Crippen LogP contribution in [0.2, 0.25) is 0 Å². The molecule has 4 heterocycles. The summed E-state index contributed by atoms with van der Waals surface area (Å²) in [7, 11) is 0. The van der Waals surface area contributed by atoms with Gasteiger partial charge in [-0.1, -0.05) is 0 Å². The van der Waals surface area contributed by atoms with E-state index in [-0.39, 0.29) is 0 Å². The van der Waals surface area contributed by atoms with E-state index in [1.807, 2.05) is 13.0 Å². The standard InChI is InChI=1S/C15H18ClN3O/c1-9-2-4-11-15(17-9)19(14(18-11)6-7-16)12-8-10-3-5-13(12)20-10/h2,4,10,12-13H,3,5-8H2,1H3. The highest BCUT2D eigenvalue weighted by Crippen LogP contribution is 2.43. The number of rotatable bonds is 3. The molecule has 106 valence electrons. The van der Waals surface area contributed by atoms with Gasteiger partial charge in [-0.15, -0.1) is 11.6 Å². The maximum Gasteiger partial charge on any atom is 0.160 e. The first-order valence-electron chi connectivity index (χ1n) is 7.32. The van der Waals surface area contributed by atoms with Gasteiger partial charge in [0, 0.05) is 18.0 Å². The molecule has 0 saturated carbocycles. The molecule has 0 aliphatic carbocycles. The van der Waals surface area contributed by atoms with Crippen LogP contribution in [-0.2, 0) is 11.2 Å². The summed E-state index contributed by atoms with van der Waals surface area (Å²) in [6, 6.07) is 4.45. The third-order valence-corrected chi connectivity index (χ3v) is 4.66. The molecule has 0 radical (unpaired) electrons. The lowest BCUT2D eigenvalue weighted by molar-refractivity contribution is 0.0939. The minimum absolute atomic E-state index is 0.328. The number of ether oxygens (including phenoxy) is 1. The van der Waals surface area contributed by atoms with Crippen LogP contribution in [0.5, 0.6) is 0 Å². The molecule has 0 amide bonds. The van der Waals surface area contributed by atoms with E-state index in [1.54, 1.807) is 0 Å². The van der Waals surface area contributed by atoms with Crippen molar-refractivity contribution in [3.05, 3.63) is 23.7 Å². The van der Waals surface area contributed by atoms with Crippen molar-refractivity contribution in [2.75, 3.05) is 5.88 Å². The fourth-order valence-corrected chi connectivity index (χ4v) is 3.78. The predicted molar refractivity (Wildman–Crippen MR) is 78.2 cm³/mol. The average Bonchev–Trinajstić information content (AvgIpc) is 3.11. The van der Waals surface area contributed by atoms with Gasteiger partial charge in [-0.3, -0.25) is 0 Å². The molecule has 4 nitrogen and oxygen atoms in total. The van der Waals surface area contributed by atoms with Crippen molar-refractivity contribution in [2.24, 2.45) is 0 Å². The summed E-state index contributed by atoms with van der Waals surface area (Å²) in [5.41, 5.74) is 2.99. The summed E-state index contributed by atoms with van der Waals surface area (Å²) >= 11 is 5.95. The number of aryl methyl sites for hydroxylation is 2. The number of hydrogen-bond acceptors (Lipinski definition) is 3. The Labute approximate surface area is 123 Å². The Morgan fingerprint density at radius 3 is 2.95 bits per heavy atom. The Morgan fingerprint density at radius 2 is 2.25 bits per heavy atom. The third-order valence-electron chi connectivity index (χ3n) is 4.47. The van der Waals surface area contributed by atoms with E-state index in [9.17, 15) is 0 Å². The molecule has 2 bridgehead atoms. The number of alkyl halides is 1. The molecule has 5 heteroatoms. The Balaban J connectivity index is 1.86. The van der Waals surface area contributed by atoms with Crippen molar-refractivity contribution in [1.29, 1.82) is 0 Å². The normalized spacial score (nSPS) is 28.6. The minimum Gasteiger partial charge on any atom is -0.373 e. The highest BCUT2D eigenvalue weighted by molar-refractivity contribution is 6.17. The van der Waals surface area contributed by atoms with E-state index in [0.29, 0.717) is 24.1 Å². The van der Waals surface area contributed by atoms with Gasteiger partial charge >= 0.3 is 0 Å². The van der Waals surface area contributed by atoms with Crippen LogP contribution in [0.25, 0.3) is 11.2 Å². The summed E-state index contributed by atoms with van der Waals surface area (Å²) in [6.45, 7) is 2.02. The number of aromatic nitrogens is 3. The molecule has 2 aromatic rings. The largest absolute Gasteiger partial charge is 0.373 e. The molecule has 2 saturated heterocycles. The van der Waals surface area contributed by atoms with Crippen LogP contribution in [0.15, 0.2) is 12.1 Å². The smallest absolute Gasteiger partial charge is 0.160 e. The molecule has 0 N–H and O–H groups in total. The van der Waals surface area contributed by atoms with Gasteiger partial charge < -0.3 is 9.30 Å². The van der Waals surface area contributed by atoms with Gasteiger partial charge in [0.1, 0.15) is 11.3 Å². The second-order valence-electron chi connectivity index (χ2n) is 5.81. The van der Waals surface area contributed by atoms with Gasteiger partial charge in [-0.2, -0.15) is 0 Å². The Bertz CT molecular complexity index is 654. The maximum absolute atomic E-state index is 6.01. The van der Waals surface area contributed by atoms with E-state index in [2.05, 4.69) is 10.6 Å². The summed E-state index contributed by atoms with van der Waals surface area (Å²) in [4.78, 5) is 9.44. The molecular formula is C15H18ClN3O. The van der Waals surface area contributed by atoms with Crippen LogP contribution in [0.4, 0.5) is 0 Å². The monoisotopic (exact) mass is 291 g/mol. The van der Waals surface area contributed by atoms with Crippen molar-refractivity contribution >= 4 is 22.8 Å². The minimum atomic E-state index is 0.328. The molecule has 2 aliphatic heterocycles. The Hall–Kier alpha value is -1.13. The first-order chi connectivity index (χ1) is 9.76. The topological polar surface area (TPSA) is 39.9 Å². The Morgan fingerprint density at radius 1 is 1.35 bits per heavy atom. The lowest BCUT2D eigenvalue weighted by atomic mass is 9.95. The fourth-order valence-electron chi connectivity index (χ4n) is 3.61. The number of halogens is 1. The van der Waals surface area contributed by atoms with E-state index in [4.69, 9.17) is 26.3 Å². The summed E-state index contributed by atoms with van der Waals surface area (Å²) in [5, 5.41) is 0. The number of nitrogens with zero attached hydrogens (tertiary/aromatic N) is 3. The number of fused-ring (bicyclic) bond motifs is 3. The number of imidazole rings is 1.